The van der Waals surface area contributed by atoms with E-state index in [2.05, 4.69) is 5.32 Å². The third-order valence-electron chi connectivity index (χ3n) is 5.89. The number of allylic oxidation sites excluding steroid dienone is 2. The summed E-state index contributed by atoms with van der Waals surface area (Å²) in [5, 5.41) is 12.7. The SMILES string of the molecule is COC(=O)c1c(NC(=O)C2C3C=CC(C3)C2C(=O)O)sc(C)c1-c1ccc(F)cc1. The molecule has 1 aromatic carbocycles. The van der Waals surface area contributed by atoms with Crippen molar-refractivity contribution in [1.82, 2.24) is 0 Å². The van der Waals surface area contributed by atoms with Gasteiger partial charge in [-0.2, -0.15) is 0 Å². The number of esters is 1. The van der Waals surface area contributed by atoms with Crippen LogP contribution in [-0.4, -0.2) is 30.1 Å². The molecule has 1 amide bonds. The van der Waals surface area contributed by atoms with Crippen LogP contribution in [-0.2, 0) is 14.3 Å². The average molecular weight is 429 g/mol. The Hall–Kier alpha value is -3.00. The lowest BCUT2D eigenvalue weighted by Gasteiger charge is -2.23. The van der Waals surface area contributed by atoms with Gasteiger partial charge in [-0.1, -0.05) is 24.3 Å². The van der Waals surface area contributed by atoms with Gasteiger partial charge in [0.05, 0.1) is 18.9 Å². The molecule has 0 spiro atoms. The number of aliphatic carboxylic acids is 1. The minimum absolute atomic E-state index is 0.129. The third-order valence-corrected chi connectivity index (χ3v) is 6.91. The van der Waals surface area contributed by atoms with Crippen molar-refractivity contribution in [3.63, 3.8) is 0 Å². The lowest BCUT2D eigenvalue weighted by Crippen LogP contribution is -2.36. The van der Waals surface area contributed by atoms with E-state index in [4.69, 9.17) is 4.74 Å². The Kier molecular flexibility index (Phi) is 5.19. The van der Waals surface area contributed by atoms with Gasteiger partial charge in [0, 0.05) is 10.4 Å². The Morgan fingerprint density at radius 2 is 1.77 bits per heavy atom. The molecule has 2 aliphatic rings. The van der Waals surface area contributed by atoms with E-state index in [-0.39, 0.29) is 17.4 Å². The quantitative estimate of drug-likeness (QED) is 0.551. The molecule has 2 bridgehead atoms. The number of amides is 1. The molecule has 2 aliphatic carbocycles. The number of benzene rings is 1. The first-order chi connectivity index (χ1) is 14.3. The number of carbonyl (C=O) groups is 3. The fraction of sp³-hybridized carbons (Fsp3) is 0.318. The number of rotatable bonds is 5. The molecule has 1 aromatic heterocycles. The van der Waals surface area contributed by atoms with Crippen LogP contribution in [0.25, 0.3) is 11.1 Å². The van der Waals surface area contributed by atoms with E-state index in [9.17, 15) is 23.9 Å². The fourth-order valence-electron chi connectivity index (χ4n) is 4.61. The molecule has 0 radical (unpaired) electrons. The van der Waals surface area contributed by atoms with Gasteiger partial charge in [-0.3, -0.25) is 9.59 Å². The maximum atomic E-state index is 13.4. The van der Waals surface area contributed by atoms with Crippen molar-refractivity contribution in [3.8, 4) is 11.1 Å². The molecule has 4 unspecified atom stereocenters. The third kappa shape index (κ3) is 3.31. The second-order valence-corrected chi connectivity index (χ2v) is 8.79. The first-order valence-electron chi connectivity index (χ1n) is 9.51. The molecule has 4 rings (SSSR count). The Morgan fingerprint density at radius 3 is 2.37 bits per heavy atom. The summed E-state index contributed by atoms with van der Waals surface area (Å²) in [6, 6.07) is 5.71. The number of aryl methyl sites for hydroxylation is 1. The smallest absolute Gasteiger partial charge is 0.341 e. The molecule has 1 fully saturated rings. The number of halogens is 1. The number of thiophene rings is 1. The molecule has 156 valence electrons. The van der Waals surface area contributed by atoms with Gasteiger partial charge in [-0.05, 0) is 42.9 Å². The van der Waals surface area contributed by atoms with E-state index < -0.39 is 35.5 Å². The Morgan fingerprint density at radius 1 is 1.13 bits per heavy atom. The number of anilines is 1. The molecular weight excluding hydrogens is 409 g/mol. The van der Waals surface area contributed by atoms with Crippen LogP contribution >= 0.6 is 11.3 Å². The Balaban J connectivity index is 1.71. The molecule has 8 heteroatoms. The summed E-state index contributed by atoms with van der Waals surface area (Å²) < 4.78 is 18.3. The van der Waals surface area contributed by atoms with E-state index in [1.807, 2.05) is 12.2 Å². The van der Waals surface area contributed by atoms with Crippen LogP contribution in [0.1, 0.15) is 21.7 Å². The molecule has 0 saturated heterocycles. The van der Waals surface area contributed by atoms with Crippen molar-refractivity contribution < 1.29 is 28.6 Å². The highest BCUT2D eigenvalue weighted by Crippen LogP contribution is 2.49. The molecule has 0 aliphatic heterocycles. The zero-order valence-corrected chi connectivity index (χ0v) is 17.2. The van der Waals surface area contributed by atoms with Crippen molar-refractivity contribution in [2.24, 2.45) is 23.7 Å². The lowest BCUT2D eigenvalue weighted by molar-refractivity contribution is -0.146. The molecule has 4 atom stereocenters. The number of fused-ring (bicyclic) bond motifs is 2. The highest BCUT2D eigenvalue weighted by atomic mass is 32.1. The topological polar surface area (TPSA) is 92.7 Å². The minimum atomic E-state index is -0.991. The number of ether oxygens (including phenoxy) is 1. The van der Waals surface area contributed by atoms with Crippen molar-refractivity contribution in [1.29, 1.82) is 0 Å². The maximum Gasteiger partial charge on any atom is 0.341 e. The van der Waals surface area contributed by atoms with E-state index in [0.717, 1.165) is 4.88 Å². The lowest BCUT2D eigenvalue weighted by atomic mass is 9.82. The predicted molar refractivity (Wildman–Crippen MR) is 110 cm³/mol. The van der Waals surface area contributed by atoms with Gasteiger partial charge in [-0.25, -0.2) is 9.18 Å². The Bertz CT molecular complexity index is 1060. The van der Waals surface area contributed by atoms with Crippen LogP contribution in [0.3, 0.4) is 0 Å². The van der Waals surface area contributed by atoms with E-state index in [1.54, 1.807) is 19.1 Å². The van der Waals surface area contributed by atoms with Crippen molar-refractivity contribution in [2.75, 3.05) is 12.4 Å². The number of carboxylic acid groups (broad SMARTS) is 1. The van der Waals surface area contributed by atoms with E-state index >= 15 is 0 Å². The van der Waals surface area contributed by atoms with Crippen LogP contribution in [0.5, 0.6) is 0 Å². The summed E-state index contributed by atoms with van der Waals surface area (Å²) in [4.78, 5) is 38.1. The van der Waals surface area contributed by atoms with Crippen molar-refractivity contribution in [2.45, 2.75) is 13.3 Å². The number of methoxy groups -OCH3 is 1. The van der Waals surface area contributed by atoms with Crippen LogP contribution in [0, 0.1) is 36.4 Å². The molecule has 30 heavy (non-hydrogen) atoms. The maximum absolute atomic E-state index is 13.4. The van der Waals surface area contributed by atoms with Crippen LogP contribution < -0.4 is 5.32 Å². The van der Waals surface area contributed by atoms with Crippen molar-refractivity contribution >= 4 is 34.2 Å². The number of carbonyl (C=O) groups excluding carboxylic acids is 2. The monoisotopic (exact) mass is 429 g/mol. The van der Waals surface area contributed by atoms with Crippen LogP contribution in [0.2, 0.25) is 0 Å². The molecule has 1 saturated carbocycles. The number of hydrogen-bond donors (Lipinski definition) is 2. The fourth-order valence-corrected chi connectivity index (χ4v) is 5.67. The molecule has 6 nitrogen and oxygen atoms in total. The minimum Gasteiger partial charge on any atom is -0.481 e. The molecule has 2 aromatic rings. The van der Waals surface area contributed by atoms with Gasteiger partial charge in [0.2, 0.25) is 5.91 Å². The first kappa shape index (κ1) is 20.3. The highest BCUT2D eigenvalue weighted by molar-refractivity contribution is 7.17. The zero-order chi connectivity index (χ0) is 21.6. The summed E-state index contributed by atoms with van der Waals surface area (Å²) in [5.41, 5.74) is 1.37. The second-order valence-electron chi connectivity index (χ2n) is 7.56. The molecule has 1 heterocycles. The molecular formula is C22H20FNO5S. The number of hydrogen-bond acceptors (Lipinski definition) is 5. The first-order valence-corrected chi connectivity index (χ1v) is 10.3. The number of nitrogens with one attached hydrogen (secondary N) is 1. The van der Waals surface area contributed by atoms with Crippen molar-refractivity contribution in [3.05, 3.63) is 52.7 Å². The van der Waals surface area contributed by atoms with Gasteiger partial charge in [-0.15, -0.1) is 11.3 Å². The normalized spacial score (nSPS) is 24.1. The standard InChI is InChI=1S/C22H20FNO5S/c1-10-15(11-5-7-14(23)8-6-11)18(22(28)29-2)20(30-10)24-19(25)16-12-3-4-13(9-12)17(16)21(26)27/h3-8,12-13,16-17H,9H2,1-2H3,(H,24,25)(H,26,27). The van der Waals surface area contributed by atoms with Gasteiger partial charge in [0.1, 0.15) is 16.4 Å². The summed E-state index contributed by atoms with van der Waals surface area (Å²) in [6.07, 6.45) is 4.41. The summed E-state index contributed by atoms with van der Waals surface area (Å²) in [5.74, 6) is -4.19. The predicted octanol–water partition coefficient (Wildman–Crippen LogP) is 4.11. The summed E-state index contributed by atoms with van der Waals surface area (Å²) in [6.45, 7) is 1.80. The molecule has 2 N–H and O–H groups in total. The zero-order valence-electron chi connectivity index (χ0n) is 16.3. The van der Waals surface area contributed by atoms with Crippen LogP contribution in [0.15, 0.2) is 36.4 Å². The Labute approximate surface area is 176 Å². The van der Waals surface area contributed by atoms with E-state index in [0.29, 0.717) is 22.5 Å². The van der Waals surface area contributed by atoms with Gasteiger partial charge >= 0.3 is 11.9 Å². The van der Waals surface area contributed by atoms with Gasteiger partial charge < -0.3 is 15.2 Å². The van der Waals surface area contributed by atoms with E-state index in [1.165, 1.54) is 30.6 Å². The average Bonchev–Trinajstić information content (AvgIpc) is 3.41. The van der Waals surface area contributed by atoms with Crippen LogP contribution in [0.4, 0.5) is 9.39 Å². The highest BCUT2D eigenvalue weighted by Gasteiger charge is 2.51. The van der Waals surface area contributed by atoms with Gasteiger partial charge in [0.15, 0.2) is 0 Å². The second kappa shape index (κ2) is 7.68. The van der Waals surface area contributed by atoms with Gasteiger partial charge in [0.25, 0.3) is 0 Å². The number of carboxylic acids is 1. The summed E-state index contributed by atoms with van der Waals surface area (Å²) >= 11 is 1.21. The summed E-state index contributed by atoms with van der Waals surface area (Å²) in [7, 11) is 1.25. The largest absolute Gasteiger partial charge is 0.481 e.